The first-order valence-electron chi connectivity index (χ1n) is 7.30. The monoisotopic (exact) mass is 346 g/mol. The highest BCUT2D eigenvalue weighted by molar-refractivity contribution is 6.33. The lowest BCUT2D eigenvalue weighted by atomic mass is 10.1. The summed E-state index contributed by atoms with van der Waals surface area (Å²) in [5.74, 6) is 0.585. The van der Waals surface area contributed by atoms with Crippen molar-refractivity contribution in [2.45, 2.75) is 12.8 Å². The van der Waals surface area contributed by atoms with Gasteiger partial charge < -0.3 is 20.5 Å². The summed E-state index contributed by atoms with van der Waals surface area (Å²) in [4.78, 5) is 23.3. The molecule has 0 spiro atoms. The summed E-state index contributed by atoms with van der Waals surface area (Å²) in [6, 6.07) is 10.2. The first-order chi connectivity index (χ1) is 11.5. The van der Waals surface area contributed by atoms with Crippen molar-refractivity contribution in [1.82, 2.24) is 0 Å². The Kier molecular flexibility index (Phi) is 4.57. The van der Waals surface area contributed by atoms with Crippen LogP contribution in [0, 0.1) is 0 Å². The van der Waals surface area contributed by atoms with Crippen LogP contribution in [0.1, 0.15) is 22.3 Å². The molecule has 7 heteroatoms. The quantitative estimate of drug-likeness (QED) is 0.870. The minimum Gasteiger partial charge on any atom is -0.454 e. The molecule has 0 atom stereocenters. The van der Waals surface area contributed by atoms with Crippen LogP contribution < -0.4 is 20.5 Å². The Balaban J connectivity index is 1.60. The number of aryl methyl sites for hydroxylation is 1. The van der Waals surface area contributed by atoms with E-state index < -0.39 is 5.91 Å². The molecule has 1 aliphatic heterocycles. The Morgan fingerprint density at radius 2 is 1.92 bits per heavy atom. The number of ether oxygens (including phenoxy) is 2. The van der Waals surface area contributed by atoms with E-state index >= 15 is 0 Å². The summed E-state index contributed by atoms with van der Waals surface area (Å²) in [5.41, 5.74) is 6.86. The van der Waals surface area contributed by atoms with E-state index in [-0.39, 0.29) is 29.7 Å². The molecule has 0 radical (unpaired) electrons. The largest absolute Gasteiger partial charge is 0.454 e. The predicted molar refractivity (Wildman–Crippen MR) is 89.5 cm³/mol. The molecule has 0 fully saturated rings. The van der Waals surface area contributed by atoms with Crippen molar-refractivity contribution < 1.29 is 19.1 Å². The molecular weight excluding hydrogens is 332 g/mol. The topological polar surface area (TPSA) is 90.7 Å². The lowest BCUT2D eigenvalue weighted by Crippen LogP contribution is -2.15. The molecule has 24 heavy (non-hydrogen) atoms. The number of primary amides is 1. The number of carbonyl (C=O) groups excluding carboxylic acids is 2. The smallest absolute Gasteiger partial charge is 0.250 e. The number of carbonyl (C=O) groups is 2. The van der Waals surface area contributed by atoms with Gasteiger partial charge in [-0.3, -0.25) is 9.59 Å². The minimum atomic E-state index is -0.642. The van der Waals surface area contributed by atoms with Crippen LogP contribution in [0.25, 0.3) is 0 Å². The summed E-state index contributed by atoms with van der Waals surface area (Å²) in [5, 5.41) is 2.98. The van der Waals surface area contributed by atoms with Gasteiger partial charge >= 0.3 is 0 Å². The molecule has 0 saturated heterocycles. The van der Waals surface area contributed by atoms with Crippen molar-refractivity contribution in [3.8, 4) is 11.5 Å². The molecule has 2 aromatic rings. The van der Waals surface area contributed by atoms with Crippen LogP contribution in [0.3, 0.4) is 0 Å². The van der Waals surface area contributed by atoms with Crippen molar-refractivity contribution >= 4 is 29.1 Å². The van der Waals surface area contributed by atoms with Gasteiger partial charge in [0.15, 0.2) is 11.5 Å². The second-order valence-corrected chi connectivity index (χ2v) is 5.70. The molecule has 1 heterocycles. The van der Waals surface area contributed by atoms with Gasteiger partial charge in [-0.15, -0.1) is 0 Å². The van der Waals surface area contributed by atoms with Gasteiger partial charge in [0, 0.05) is 12.1 Å². The van der Waals surface area contributed by atoms with Crippen molar-refractivity contribution in [1.29, 1.82) is 0 Å². The van der Waals surface area contributed by atoms with Crippen molar-refractivity contribution in [2.24, 2.45) is 5.73 Å². The molecule has 3 rings (SSSR count). The molecule has 2 aromatic carbocycles. The van der Waals surface area contributed by atoms with Gasteiger partial charge in [0.05, 0.1) is 10.6 Å². The van der Waals surface area contributed by atoms with E-state index in [4.69, 9.17) is 26.8 Å². The zero-order chi connectivity index (χ0) is 17.1. The van der Waals surface area contributed by atoms with Crippen LogP contribution in [0.15, 0.2) is 36.4 Å². The van der Waals surface area contributed by atoms with Gasteiger partial charge in [0.25, 0.3) is 0 Å². The highest BCUT2D eigenvalue weighted by atomic mass is 35.5. The van der Waals surface area contributed by atoms with Gasteiger partial charge in [0.2, 0.25) is 18.6 Å². The van der Waals surface area contributed by atoms with E-state index in [1.807, 2.05) is 18.2 Å². The number of anilines is 1. The average Bonchev–Trinajstić information content (AvgIpc) is 3.02. The Bertz CT molecular complexity index is 807. The number of hydrogen-bond acceptors (Lipinski definition) is 4. The van der Waals surface area contributed by atoms with Gasteiger partial charge in [0.1, 0.15) is 0 Å². The van der Waals surface area contributed by atoms with E-state index in [1.54, 1.807) is 6.07 Å². The fraction of sp³-hybridized carbons (Fsp3) is 0.176. The van der Waals surface area contributed by atoms with Crippen molar-refractivity contribution in [2.75, 3.05) is 12.1 Å². The maximum Gasteiger partial charge on any atom is 0.250 e. The third-order valence-corrected chi connectivity index (χ3v) is 3.92. The zero-order valence-corrected chi connectivity index (χ0v) is 13.4. The number of hydrogen-bond donors (Lipinski definition) is 2. The molecular formula is C17H15ClN2O4. The second kappa shape index (κ2) is 6.80. The Morgan fingerprint density at radius 1 is 1.12 bits per heavy atom. The van der Waals surface area contributed by atoms with E-state index in [2.05, 4.69) is 5.32 Å². The second-order valence-electron chi connectivity index (χ2n) is 5.29. The summed E-state index contributed by atoms with van der Waals surface area (Å²) in [6.07, 6.45) is 0.840. The first kappa shape index (κ1) is 16.1. The Morgan fingerprint density at radius 3 is 2.71 bits per heavy atom. The molecule has 0 aromatic heterocycles. The fourth-order valence-corrected chi connectivity index (χ4v) is 2.58. The lowest BCUT2D eigenvalue weighted by molar-refractivity contribution is -0.116. The Labute approximate surface area is 143 Å². The molecule has 0 bridgehead atoms. The number of fused-ring (bicyclic) bond motifs is 1. The van der Waals surface area contributed by atoms with Crippen molar-refractivity contribution in [3.63, 3.8) is 0 Å². The SMILES string of the molecule is NC(=O)c1cc(NC(=O)CCc2ccc3c(c2)OCO3)ccc1Cl. The summed E-state index contributed by atoms with van der Waals surface area (Å²) in [6.45, 7) is 0.220. The van der Waals surface area contributed by atoms with Crippen LogP contribution in [-0.2, 0) is 11.2 Å². The van der Waals surface area contributed by atoms with Crippen LogP contribution in [0.2, 0.25) is 5.02 Å². The maximum atomic E-state index is 12.1. The lowest BCUT2D eigenvalue weighted by Gasteiger charge is -2.08. The van der Waals surface area contributed by atoms with Gasteiger partial charge in [-0.1, -0.05) is 17.7 Å². The predicted octanol–water partition coefficient (Wildman–Crippen LogP) is 2.74. The number of halogens is 1. The molecule has 0 unspecified atom stereocenters. The van der Waals surface area contributed by atoms with E-state index in [0.29, 0.717) is 23.6 Å². The van der Waals surface area contributed by atoms with Gasteiger partial charge in [-0.25, -0.2) is 0 Å². The molecule has 124 valence electrons. The molecule has 2 amide bonds. The summed E-state index contributed by atoms with van der Waals surface area (Å²) < 4.78 is 10.6. The fourth-order valence-electron chi connectivity index (χ4n) is 2.37. The standard InChI is InChI=1S/C17H15ClN2O4/c18-13-4-3-11(8-12(13)17(19)22)20-16(21)6-2-10-1-5-14-15(7-10)24-9-23-14/h1,3-5,7-8H,2,6,9H2,(H2,19,22)(H,20,21). The van der Waals surface area contributed by atoms with Gasteiger partial charge in [-0.05, 0) is 42.3 Å². The minimum absolute atomic E-state index is 0.172. The van der Waals surface area contributed by atoms with E-state index in [1.165, 1.54) is 12.1 Å². The first-order valence-corrected chi connectivity index (χ1v) is 7.68. The highest BCUT2D eigenvalue weighted by Gasteiger charge is 2.14. The van der Waals surface area contributed by atoms with Gasteiger partial charge in [-0.2, -0.15) is 0 Å². The van der Waals surface area contributed by atoms with E-state index in [9.17, 15) is 9.59 Å². The number of benzene rings is 2. The normalized spacial score (nSPS) is 12.0. The zero-order valence-electron chi connectivity index (χ0n) is 12.7. The number of rotatable bonds is 5. The molecule has 3 N–H and O–H groups in total. The molecule has 1 aliphatic rings. The number of amides is 2. The van der Waals surface area contributed by atoms with E-state index in [0.717, 1.165) is 5.56 Å². The number of nitrogens with two attached hydrogens (primary N) is 1. The number of nitrogens with one attached hydrogen (secondary N) is 1. The van der Waals surface area contributed by atoms with Crippen molar-refractivity contribution in [3.05, 3.63) is 52.5 Å². The Hall–Kier alpha value is -2.73. The highest BCUT2D eigenvalue weighted by Crippen LogP contribution is 2.32. The van der Waals surface area contributed by atoms with Crippen LogP contribution in [-0.4, -0.2) is 18.6 Å². The maximum absolute atomic E-state index is 12.1. The summed E-state index contributed by atoms with van der Waals surface area (Å²) in [7, 11) is 0. The molecule has 0 saturated carbocycles. The molecule has 0 aliphatic carbocycles. The van der Waals surface area contributed by atoms with Crippen LogP contribution >= 0.6 is 11.6 Å². The third kappa shape index (κ3) is 3.60. The third-order valence-electron chi connectivity index (χ3n) is 3.59. The molecule has 6 nitrogen and oxygen atoms in total. The summed E-state index contributed by atoms with van der Waals surface area (Å²) >= 11 is 5.88. The van der Waals surface area contributed by atoms with Crippen LogP contribution in [0.5, 0.6) is 11.5 Å². The average molecular weight is 347 g/mol. The van der Waals surface area contributed by atoms with Crippen LogP contribution in [0.4, 0.5) is 5.69 Å².